The van der Waals surface area contributed by atoms with Crippen molar-refractivity contribution < 1.29 is 14.2 Å². The van der Waals surface area contributed by atoms with Crippen LogP contribution in [0.4, 0.5) is 5.69 Å². The summed E-state index contributed by atoms with van der Waals surface area (Å²) < 4.78 is 17.3. The molecule has 114 valence electrons. The summed E-state index contributed by atoms with van der Waals surface area (Å²) in [6.07, 6.45) is 0.799. The summed E-state index contributed by atoms with van der Waals surface area (Å²) in [6, 6.07) is 16.3. The van der Waals surface area contributed by atoms with E-state index in [2.05, 4.69) is 17.4 Å². The van der Waals surface area contributed by atoms with Crippen LogP contribution in [-0.4, -0.2) is 20.0 Å². The number of ether oxygens (including phenoxy) is 3. The molecule has 0 bridgehead atoms. The third-order valence-corrected chi connectivity index (χ3v) is 4.41. The van der Waals surface area contributed by atoms with Crippen molar-refractivity contribution in [1.82, 2.24) is 0 Å². The molecule has 0 radical (unpaired) electrons. The van der Waals surface area contributed by atoms with Crippen LogP contribution in [0.3, 0.4) is 0 Å². The van der Waals surface area contributed by atoms with Gasteiger partial charge in [-0.2, -0.15) is 0 Å². The maximum Gasteiger partial charge on any atom is 0.205 e. The highest BCUT2D eigenvalue weighted by Gasteiger charge is 2.43. The molecule has 2 aromatic carbocycles. The van der Waals surface area contributed by atoms with Gasteiger partial charge < -0.3 is 19.5 Å². The second-order valence-electron chi connectivity index (χ2n) is 5.67. The molecule has 0 unspecified atom stereocenters. The minimum atomic E-state index is -0.180. The molecule has 4 heteroatoms. The number of anilines is 1. The van der Waals surface area contributed by atoms with Crippen LogP contribution < -0.4 is 14.8 Å². The van der Waals surface area contributed by atoms with Crippen LogP contribution in [0.5, 0.6) is 11.5 Å². The van der Waals surface area contributed by atoms with Crippen molar-refractivity contribution in [2.75, 3.05) is 19.0 Å². The molecule has 0 saturated carbocycles. The van der Waals surface area contributed by atoms with E-state index in [9.17, 15) is 0 Å². The Morgan fingerprint density at radius 3 is 2.77 bits per heavy atom. The van der Waals surface area contributed by atoms with E-state index in [0.717, 1.165) is 35.8 Å². The molecule has 1 fully saturated rings. The summed E-state index contributed by atoms with van der Waals surface area (Å²) in [5.74, 6) is 1.98. The molecule has 0 aromatic heterocycles. The van der Waals surface area contributed by atoms with Gasteiger partial charge in [0.1, 0.15) is 11.5 Å². The van der Waals surface area contributed by atoms with Gasteiger partial charge in [0.15, 0.2) is 0 Å². The molecule has 2 aliphatic heterocycles. The van der Waals surface area contributed by atoms with Crippen molar-refractivity contribution in [1.29, 1.82) is 0 Å². The Hall–Kier alpha value is -2.20. The Kier molecular flexibility index (Phi) is 3.39. The number of methoxy groups -OCH3 is 1. The average molecular weight is 297 g/mol. The molecule has 22 heavy (non-hydrogen) atoms. The fourth-order valence-electron chi connectivity index (χ4n) is 3.37. The number of para-hydroxylation sites is 1. The molecule has 4 nitrogen and oxygen atoms in total. The lowest BCUT2D eigenvalue weighted by Crippen LogP contribution is -2.36. The highest BCUT2D eigenvalue weighted by molar-refractivity contribution is 5.54. The Morgan fingerprint density at radius 2 is 1.95 bits per heavy atom. The maximum atomic E-state index is 6.02. The van der Waals surface area contributed by atoms with Gasteiger partial charge in [-0.25, -0.2) is 0 Å². The Balaban J connectivity index is 1.77. The minimum absolute atomic E-state index is 0.120. The molecule has 1 saturated heterocycles. The van der Waals surface area contributed by atoms with Crippen molar-refractivity contribution >= 4 is 5.69 Å². The molecule has 2 heterocycles. The molecule has 0 amide bonds. The van der Waals surface area contributed by atoms with Crippen molar-refractivity contribution in [2.24, 2.45) is 5.92 Å². The van der Waals surface area contributed by atoms with E-state index in [4.69, 9.17) is 14.2 Å². The van der Waals surface area contributed by atoms with Crippen LogP contribution in [-0.2, 0) is 4.74 Å². The molecular weight excluding hydrogens is 278 g/mol. The number of nitrogens with one attached hydrogen (secondary N) is 1. The first kappa shape index (κ1) is 13.5. The van der Waals surface area contributed by atoms with E-state index in [1.807, 2.05) is 36.4 Å². The standard InChI is InChI=1S/C18H19NO3/c1-20-14-8-5-9-15-16(14)17(13-10-11-21-18(13)22-15)19-12-6-3-2-4-7-12/h2-9,13,17-19H,10-11H2,1H3/t13-,17+,18+/m0/s1. The first-order chi connectivity index (χ1) is 10.9. The van der Waals surface area contributed by atoms with Gasteiger partial charge in [0, 0.05) is 11.6 Å². The molecular formula is C18H19NO3. The van der Waals surface area contributed by atoms with Crippen LogP contribution >= 0.6 is 0 Å². The van der Waals surface area contributed by atoms with Crippen molar-refractivity contribution in [2.45, 2.75) is 18.8 Å². The zero-order valence-corrected chi connectivity index (χ0v) is 12.5. The Bertz CT molecular complexity index is 659. The quantitative estimate of drug-likeness (QED) is 0.939. The van der Waals surface area contributed by atoms with Gasteiger partial charge in [0.25, 0.3) is 0 Å². The summed E-state index contributed by atoms with van der Waals surface area (Å²) >= 11 is 0. The third-order valence-electron chi connectivity index (χ3n) is 4.41. The first-order valence-electron chi connectivity index (χ1n) is 7.63. The second kappa shape index (κ2) is 5.54. The lowest BCUT2D eigenvalue weighted by molar-refractivity contribution is -0.0751. The summed E-state index contributed by atoms with van der Waals surface area (Å²) in [5, 5.41) is 3.64. The van der Waals surface area contributed by atoms with E-state index >= 15 is 0 Å². The molecule has 0 spiro atoms. The first-order valence-corrected chi connectivity index (χ1v) is 7.63. The van der Waals surface area contributed by atoms with Crippen LogP contribution in [0.15, 0.2) is 48.5 Å². The van der Waals surface area contributed by atoms with E-state index in [1.54, 1.807) is 7.11 Å². The van der Waals surface area contributed by atoms with Gasteiger partial charge >= 0.3 is 0 Å². The number of fused-ring (bicyclic) bond motifs is 2. The van der Waals surface area contributed by atoms with Crippen molar-refractivity contribution in [3.63, 3.8) is 0 Å². The maximum absolute atomic E-state index is 6.02. The minimum Gasteiger partial charge on any atom is -0.496 e. The third kappa shape index (κ3) is 2.20. The predicted molar refractivity (Wildman–Crippen MR) is 84.3 cm³/mol. The largest absolute Gasteiger partial charge is 0.496 e. The van der Waals surface area contributed by atoms with Gasteiger partial charge in [0.05, 0.1) is 25.3 Å². The fraction of sp³-hybridized carbons (Fsp3) is 0.333. The molecule has 0 aliphatic carbocycles. The number of benzene rings is 2. The van der Waals surface area contributed by atoms with Crippen LogP contribution in [0.25, 0.3) is 0 Å². The van der Waals surface area contributed by atoms with Gasteiger partial charge in [-0.05, 0) is 30.7 Å². The van der Waals surface area contributed by atoms with Crippen LogP contribution in [0.2, 0.25) is 0 Å². The van der Waals surface area contributed by atoms with Gasteiger partial charge in [-0.1, -0.05) is 24.3 Å². The summed E-state index contributed by atoms with van der Waals surface area (Å²) in [7, 11) is 1.70. The lowest BCUT2D eigenvalue weighted by Gasteiger charge is -2.36. The molecule has 3 atom stereocenters. The molecule has 1 N–H and O–H groups in total. The van der Waals surface area contributed by atoms with Gasteiger partial charge in [0.2, 0.25) is 6.29 Å². The summed E-state index contributed by atoms with van der Waals surface area (Å²) in [4.78, 5) is 0. The number of rotatable bonds is 3. The SMILES string of the molecule is COc1cccc2c1[C@H](Nc1ccccc1)[C@@H]1CCO[C@@H]1O2. The number of hydrogen-bond acceptors (Lipinski definition) is 4. The summed E-state index contributed by atoms with van der Waals surface area (Å²) in [5.41, 5.74) is 2.18. The Morgan fingerprint density at radius 1 is 1.09 bits per heavy atom. The van der Waals surface area contributed by atoms with Gasteiger partial charge in [-0.15, -0.1) is 0 Å². The summed E-state index contributed by atoms with van der Waals surface area (Å²) in [6.45, 7) is 0.735. The lowest BCUT2D eigenvalue weighted by atomic mass is 9.87. The molecule has 2 aliphatic rings. The van der Waals surface area contributed by atoms with Crippen LogP contribution in [0, 0.1) is 5.92 Å². The monoisotopic (exact) mass is 297 g/mol. The van der Waals surface area contributed by atoms with E-state index in [0.29, 0.717) is 0 Å². The average Bonchev–Trinajstić information content (AvgIpc) is 3.03. The zero-order valence-electron chi connectivity index (χ0n) is 12.5. The normalized spacial score (nSPS) is 25.8. The topological polar surface area (TPSA) is 39.7 Å². The van der Waals surface area contributed by atoms with E-state index < -0.39 is 0 Å². The van der Waals surface area contributed by atoms with E-state index in [1.165, 1.54) is 0 Å². The highest BCUT2D eigenvalue weighted by atomic mass is 16.7. The fourth-order valence-corrected chi connectivity index (χ4v) is 3.37. The van der Waals surface area contributed by atoms with E-state index in [-0.39, 0.29) is 18.2 Å². The van der Waals surface area contributed by atoms with Crippen molar-refractivity contribution in [3.05, 3.63) is 54.1 Å². The van der Waals surface area contributed by atoms with Gasteiger partial charge in [-0.3, -0.25) is 0 Å². The molecule has 4 rings (SSSR count). The second-order valence-corrected chi connectivity index (χ2v) is 5.67. The zero-order chi connectivity index (χ0) is 14.9. The van der Waals surface area contributed by atoms with Crippen LogP contribution in [0.1, 0.15) is 18.0 Å². The van der Waals surface area contributed by atoms with Crippen molar-refractivity contribution in [3.8, 4) is 11.5 Å². The number of hydrogen-bond donors (Lipinski definition) is 1. The predicted octanol–water partition coefficient (Wildman–Crippen LogP) is 3.60. The molecule has 2 aromatic rings. The smallest absolute Gasteiger partial charge is 0.205 e. The highest BCUT2D eigenvalue weighted by Crippen LogP contribution is 2.48. The Labute approximate surface area is 130 Å².